The summed E-state index contributed by atoms with van der Waals surface area (Å²) in [5.74, 6) is -1.84. The molecular formula is C26H28ClFN2O5. The number of rotatable bonds is 11. The number of halogens is 2. The lowest BCUT2D eigenvalue weighted by molar-refractivity contribution is -0.152. The summed E-state index contributed by atoms with van der Waals surface area (Å²) in [6.07, 6.45) is 1.07. The third-order valence-corrected chi connectivity index (χ3v) is 6.07. The number of carboxylic acid groups (broad SMARTS) is 1. The summed E-state index contributed by atoms with van der Waals surface area (Å²) in [7, 11) is 1.43. The van der Waals surface area contributed by atoms with Gasteiger partial charge in [0.05, 0.1) is 17.7 Å². The number of amides is 1. The van der Waals surface area contributed by atoms with E-state index in [1.54, 1.807) is 31.2 Å². The van der Waals surface area contributed by atoms with E-state index in [0.29, 0.717) is 34.7 Å². The molecule has 0 aliphatic carbocycles. The Morgan fingerprint density at radius 2 is 1.94 bits per heavy atom. The van der Waals surface area contributed by atoms with Crippen LogP contribution in [0.15, 0.2) is 53.1 Å². The zero-order valence-electron chi connectivity index (χ0n) is 19.8. The molecule has 0 aliphatic heterocycles. The highest BCUT2D eigenvalue weighted by molar-refractivity contribution is 6.30. The number of nitrogens with one attached hydrogen (secondary N) is 1. The summed E-state index contributed by atoms with van der Waals surface area (Å²) in [5.41, 5.74) is 1.28. The number of benzene rings is 2. The van der Waals surface area contributed by atoms with Gasteiger partial charge >= 0.3 is 5.97 Å². The predicted octanol–water partition coefficient (Wildman–Crippen LogP) is 5.17. The number of aliphatic carboxylic acids is 1. The van der Waals surface area contributed by atoms with Gasteiger partial charge in [0, 0.05) is 29.8 Å². The first-order valence-corrected chi connectivity index (χ1v) is 11.6. The highest BCUT2D eigenvalue weighted by Gasteiger charge is 2.37. The van der Waals surface area contributed by atoms with Gasteiger partial charge in [-0.05, 0) is 55.5 Å². The molecule has 2 atom stereocenters. The minimum atomic E-state index is -1.23. The molecule has 1 heterocycles. The highest BCUT2D eigenvalue weighted by atomic mass is 35.5. The van der Waals surface area contributed by atoms with Crippen molar-refractivity contribution in [3.05, 3.63) is 76.4 Å². The van der Waals surface area contributed by atoms with Crippen molar-refractivity contribution in [2.75, 3.05) is 13.7 Å². The maximum atomic E-state index is 14.2. The van der Waals surface area contributed by atoms with Crippen molar-refractivity contribution in [3.63, 3.8) is 0 Å². The van der Waals surface area contributed by atoms with Crippen molar-refractivity contribution >= 4 is 23.5 Å². The van der Waals surface area contributed by atoms with Crippen LogP contribution in [0.4, 0.5) is 4.39 Å². The second kappa shape index (κ2) is 11.5. The van der Waals surface area contributed by atoms with E-state index in [0.717, 1.165) is 5.56 Å². The Bertz CT molecular complexity index is 1180. The number of ether oxygens (including phenoxy) is 1. The Morgan fingerprint density at radius 3 is 2.54 bits per heavy atom. The third-order valence-electron chi connectivity index (χ3n) is 5.83. The Balaban J connectivity index is 1.84. The van der Waals surface area contributed by atoms with Crippen LogP contribution in [0.25, 0.3) is 11.1 Å². The fourth-order valence-corrected chi connectivity index (χ4v) is 4.08. The Labute approximate surface area is 208 Å². The van der Waals surface area contributed by atoms with E-state index in [4.69, 9.17) is 20.9 Å². The van der Waals surface area contributed by atoms with Crippen molar-refractivity contribution in [1.29, 1.82) is 0 Å². The average molecular weight is 503 g/mol. The summed E-state index contributed by atoms with van der Waals surface area (Å²) in [6, 6.07) is 12.5. The Morgan fingerprint density at radius 1 is 1.23 bits per heavy atom. The van der Waals surface area contributed by atoms with E-state index in [2.05, 4.69) is 10.5 Å². The molecule has 0 unspecified atom stereocenters. The van der Waals surface area contributed by atoms with Gasteiger partial charge in [0.1, 0.15) is 5.82 Å². The standard InChI is InChI=1S/C26H28ClFN2O5/c1-4-19-13-23(35-30-19)24(31)29-20(14-26(2,15-34-3)25(32)33)11-16-5-7-17(8-6-16)21-12-18(27)9-10-22(21)28/h5-10,12-13,20H,4,11,14-15H2,1-3H3,(H,29,31)(H,32,33)/t20-,26+/m1/s1. The molecule has 0 saturated carbocycles. The van der Waals surface area contributed by atoms with Crippen LogP contribution in [0.5, 0.6) is 0 Å². The van der Waals surface area contributed by atoms with E-state index >= 15 is 0 Å². The molecule has 3 aromatic rings. The third kappa shape index (κ3) is 6.68. The summed E-state index contributed by atoms with van der Waals surface area (Å²) < 4.78 is 24.5. The first kappa shape index (κ1) is 26.4. The van der Waals surface area contributed by atoms with E-state index < -0.39 is 23.3 Å². The van der Waals surface area contributed by atoms with Crippen LogP contribution in [0.2, 0.25) is 5.02 Å². The number of hydrogen-bond acceptors (Lipinski definition) is 5. The van der Waals surface area contributed by atoms with Crippen LogP contribution in [-0.2, 0) is 22.4 Å². The molecule has 9 heteroatoms. The fraction of sp³-hybridized carbons (Fsp3) is 0.346. The molecule has 2 aromatic carbocycles. The minimum absolute atomic E-state index is 0.0238. The van der Waals surface area contributed by atoms with Crippen LogP contribution in [0, 0.1) is 11.2 Å². The molecule has 0 saturated heterocycles. The van der Waals surface area contributed by atoms with E-state index in [1.807, 2.05) is 19.1 Å². The van der Waals surface area contributed by atoms with Crippen LogP contribution in [0.1, 0.15) is 42.1 Å². The van der Waals surface area contributed by atoms with Crippen LogP contribution < -0.4 is 5.32 Å². The maximum Gasteiger partial charge on any atom is 0.311 e. The first-order chi connectivity index (χ1) is 16.6. The predicted molar refractivity (Wildman–Crippen MR) is 130 cm³/mol. The zero-order valence-corrected chi connectivity index (χ0v) is 20.6. The Kier molecular flexibility index (Phi) is 8.64. The number of carbonyl (C=O) groups excluding carboxylic acids is 1. The van der Waals surface area contributed by atoms with E-state index in [9.17, 15) is 19.1 Å². The van der Waals surface area contributed by atoms with Gasteiger partial charge in [0.15, 0.2) is 0 Å². The van der Waals surface area contributed by atoms with Gasteiger partial charge in [0.2, 0.25) is 5.76 Å². The quantitative estimate of drug-likeness (QED) is 0.375. The highest BCUT2D eigenvalue weighted by Crippen LogP contribution is 2.28. The molecule has 0 spiro atoms. The lowest BCUT2D eigenvalue weighted by Gasteiger charge is -2.29. The van der Waals surface area contributed by atoms with Crippen molar-refractivity contribution in [2.24, 2.45) is 5.41 Å². The summed E-state index contributed by atoms with van der Waals surface area (Å²) in [4.78, 5) is 24.8. The number of nitrogens with zero attached hydrogens (tertiary/aromatic N) is 1. The van der Waals surface area contributed by atoms with Gasteiger partial charge in [-0.3, -0.25) is 9.59 Å². The summed E-state index contributed by atoms with van der Waals surface area (Å²) in [6.45, 7) is 3.45. The van der Waals surface area contributed by atoms with Crippen molar-refractivity contribution in [3.8, 4) is 11.1 Å². The molecule has 3 rings (SSSR count). The molecule has 0 bridgehead atoms. The number of aromatic nitrogens is 1. The van der Waals surface area contributed by atoms with Gasteiger partial charge in [-0.15, -0.1) is 0 Å². The normalized spacial score (nSPS) is 13.7. The topological polar surface area (TPSA) is 102 Å². The Hall–Kier alpha value is -3.23. The van der Waals surface area contributed by atoms with E-state index in [-0.39, 0.29) is 24.6 Å². The maximum absolute atomic E-state index is 14.2. The van der Waals surface area contributed by atoms with Gasteiger partial charge in [0.25, 0.3) is 5.91 Å². The molecule has 186 valence electrons. The molecule has 0 radical (unpaired) electrons. The molecule has 1 amide bonds. The molecule has 7 nitrogen and oxygen atoms in total. The smallest absolute Gasteiger partial charge is 0.311 e. The lowest BCUT2D eigenvalue weighted by atomic mass is 9.82. The molecule has 2 N–H and O–H groups in total. The molecule has 0 aliphatic rings. The minimum Gasteiger partial charge on any atom is -0.481 e. The largest absolute Gasteiger partial charge is 0.481 e. The zero-order chi connectivity index (χ0) is 25.6. The number of aryl methyl sites for hydroxylation is 1. The van der Waals surface area contributed by atoms with Crippen molar-refractivity contribution < 1.29 is 28.3 Å². The second-order valence-electron chi connectivity index (χ2n) is 8.73. The van der Waals surface area contributed by atoms with Crippen LogP contribution >= 0.6 is 11.6 Å². The van der Waals surface area contributed by atoms with Crippen LogP contribution in [0.3, 0.4) is 0 Å². The summed E-state index contributed by atoms with van der Waals surface area (Å²) in [5, 5.41) is 17.0. The molecule has 1 aromatic heterocycles. The van der Waals surface area contributed by atoms with Crippen molar-refractivity contribution in [2.45, 2.75) is 39.2 Å². The number of methoxy groups -OCH3 is 1. The van der Waals surface area contributed by atoms with Gasteiger partial charge in [-0.2, -0.15) is 0 Å². The van der Waals surface area contributed by atoms with E-state index in [1.165, 1.54) is 19.2 Å². The molecule has 35 heavy (non-hydrogen) atoms. The number of carboxylic acids is 1. The van der Waals surface area contributed by atoms with Crippen LogP contribution in [-0.4, -0.2) is 41.9 Å². The SMILES string of the molecule is CCc1cc(C(=O)N[C@H](Cc2ccc(-c3cc(Cl)ccc3F)cc2)C[C@@](C)(COC)C(=O)O)on1. The lowest BCUT2D eigenvalue weighted by Crippen LogP contribution is -2.44. The van der Waals surface area contributed by atoms with Gasteiger partial charge in [-0.25, -0.2) is 4.39 Å². The number of carbonyl (C=O) groups is 2. The monoisotopic (exact) mass is 502 g/mol. The fourth-order valence-electron chi connectivity index (χ4n) is 3.91. The second-order valence-corrected chi connectivity index (χ2v) is 9.17. The van der Waals surface area contributed by atoms with Gasteiger partial charge in [-0.1, -0.05) is 47.9 Å². The average Bonchev–Trinajstić information content (AvgIpc) is 3.31. The molecule has 0 fully saturated rings. The van der Waals surface area contributed by atoms with Gasteiger partial charge < -0.3 is 19.7 Å². The summed E-state index contributed by atoms with van der Waals surface area (Å²) >= 11 is 6.01. The molecular weight excluding hydrogens is 475 g/mol. The van der Waals surface area contributed by atoms with Crippen molar-refractivity contribution in [1.82, 2.24) is 10.5 Å². The first-order valence-electron chi connectivity index (χ1n) is 11.2. The number of hydrogen-bond donors (Lipinski definition) is 2.